The van der Waals surface area contributed by atoms with E-state index in [1.807, 2.05) is 0 Å². The lowest BCUT2D eigenvalue weighted by Crippen LogP contribution is -2.57. The Morgan fingerprint density at radius 3 is 2.46 bits per heavy atom. The molecule has 0 spiro atoms. The van der Waals surface area contributed by atoms with Gasteiger partial charge in [-0.2, -0.15) is 0 Å². The van der Waals surface area contributed by atoms with Crippen molar-refractivity contribution in [3.8, 4) is 0 Å². The van der Waals surface area contributed by atoms with Crippen molar-refractivity contribution in [3.63, 3.8) is 0 Å². The first kappa shape index (κ1) is 9.95. The average Bonchev–Trinajstić information content (AvgIpc) is 1.96. The fourth-order valence-electron chi connectivity index (χ4n) is 1.25. The standard InChI is InChI=1S/C8H13FN2O2/c1-5(10-6(2)12)8(13)11-3-7(9)4-11/h5,7H,3-4H2,1-2H3,(H,10,12). The van der Waals surface area contributed by atoms with Crippen LogP contribution in [0.15, 0.2) is 0 Å². The minimum Gasteiger partial charge on any atom is -0.345 e. The van der Waals surface area contributed by atoms with Gasteiger partial charge in [0.2, 0.25) is 11.8 Å². The Balaban J connectivity index is 2.35. The quantitative estimate of drug-likeness (QED) is 0.646. The van der Waals surface area contributed by atoms with Crippen LogP contribution in [0.5, 0.6) is 0 Å². The summed E-state index contributed by atoms with van der Waals surface area (Å²) in [5.74, 6) is -0.470. The van der Waals surface area contributed by atoms with Crippen LogP contribution in [0.2, 0.25) is 0 Å². The number of hydrogen-bond acceptors (Lipinski definition) is 2. The summed E-state index contributed by atoms with van der Waals surface area (Å²) in [6, 6.07) is -0.551. The van der Waals surface area contributed by atoms with Crippen LogP contribution in [0.1, 0.15) is 13.8 Å². The van der Waals surface area contributed by atoms with E-state index in [4.69, 9.17) is 0 Å². The van der Waals surface area contributed by atoms with E-state index in [9.17, 15) is 14.0 Å². The van der Waals surface area contributed by atoms with E-state index in [1.165, 1.54) is 11.8 Å². The lowest BCUT2D eigenvalue weighted by atomic mass is 10.1. The highest BCUT2D eigenvalue weighted by atomic mass is 19.1. The van der Waals surface area contributed by atoms with Crippen molar-refractivity contribution in [3.05, 3.63) is 0 Å². The Hall–Kier alpha value is -1.13. The van der Waals surface area contributed by atoms with Crippen molar-refractivity contribution in [2.75, 3.05) is 13.1 Å². The van der Waals surface area contributed by atoms with Gasteiger partial charge in [0.25, 0.3) is 0 Å². The third-order valence-corrected chi connectivity index (χ3v) is 1.94. The van der Waals surface area contributed by atoms with Crippen LogP contribution in [-0.2, 0) is 9.59 Å². The van der Waals surface area contributed by atoms with E-state index in [0.29, 0.717) is 0 Å². The molecule has 4 nitrogen and oxygen atoms in total. The van der Waals surface area contributed by atoms with Crippen molar-refractivity contribution >= 4 is 11.8 Å². The van der Waals surface area contributed by atoms with Crippen molar-refractivity contribution in [2.24, 2.45) is 0 Å². The highest BCUT2D eigenvalue weighted by Gasteiger charge is 2.32. The molecular weight excluding hydrogens is 175 g/mol. The molecule has 0 radical (unpaired) electrons. The molecule has 1 aliphatic rings. The van der Waals surface area contributed by atoms with Crippen molar-refractivity contribution in [1.82, 2.24) is 10.2 Å². The van der Waals surface area contributed by atoms with E-state index < -0.39 is 12.2 Å². The first-order valence-corrected chi connectivity index (χ1v) is 4.20. The average molecular weight is 188 g/mol. The number of halogens is 1. The molecule has 0 bridgehead atoms. The molecule has 0 aromatic carbocycles. The highest BCUT2D eigenvalue weighted by molar-refractivity contribution is 5.87. The zero-order valence-corrected chi connectivity index (χ0v) is 7.71. The van der Waals surface area contributed by atoms with Gasteiger partial charge in [-0.3, -0.25) is 9.59 Å². The van der Waals surface area contributed by atoms with Crippen molar-refractivity contribution < 1.29 is 14.0 Å². The number of carbonyl (C=O) groups excluding carboxylic acids is 2. The second kappa shape index (κ2) is 3.72. The molecule has 0 aliphatic carbocycles. The number of likely N-dealkylation sites (tertiary alicyclic amines) is 1. The number of rotatable bonds is 2. The molecular formula is C8H13FN2O2. The topological polar surface area (TPSA) is 49.4 Å². The molecule has 1 heterocycles. The third kappa shape index (κ3) is 2.40. The first-order valence-electron chi connectivity index (χ1n) is 4.20. The lowest BCUT2D eigenvalue weighted by Gasteiger charge is -2.36. The van der Waals surface area contributed by atoms with Gasteiger partial charge in [0.1, 0.15) is 12.2 Å². The third-order valence-electron chi connectivity index (χ3n) is 1.94. The van der Waals surface area contributed by atoms with Gasteiger partial charge in [0, 0.05) is 6.92 Å². The molecule has 1 fully saturated rings. The molecule has 1 rings (SSSR count). The molecule has 1 atom stereocenters. The maximum atomic E-state index is 12.4. The predicted octanol–water partition coefficient (Wildman–Crippen LogP) is -0.309. The summed E-state index contributed by atoms with van der Waals surface area (Å²) in [4.78, 5) is 23.3. The summed E-state index contributed by atoms with van der Waals surface area (Å²) in [6.45, 7) is 3.25. The molecule has 0 aromatic rings. The van der Waals surface area contributed by atoms with Crippen LogP contribution >= 0.6 is 0 Å². The molecule has 1 N–H and O–H groups in total. The maximum absolute atomic E-state index is 12.4. The normalized spacial score (nSPS) is 19.2. The van der Waals surface area contributed by atoms with Crippen LogP contribution in [0.25, 0.3) is 0 Å². The van der Waals surface area contributed by atoms with Gasteiger partial charge in [-0.1, -0.05) is 0 Å². The van der Waals surface area contributed by atoms with E-state index in [0.717, 1.165) is 0 Å². The van der Waals surface area contributed by atoms with Crippen LogP contribution in [0, 0.1) is 0 Å². The number of alkyl halides is 1. The molecule has 0 saturated carbocycles. The molecule has 5 heteroatoms. The fourth-order valence-corrected chi connectivity index (χ4v) is 1.25. The predicted molar refractivity (Wildman–Crippen MR) is 44.8 cm³/mol. The van der Waals surface area contributed by atoms with E-state index in [2.05, 4.69) is 5.32 Å². The van der Waals surface area contributed by atoms with E-state index >= 15 is 0 Å². The second-order valence-corrected chi connectivity index (χ2v) is 3.26. The Morgan fingerprint density at radius 1 is 1.54 bits per heavy atom. The smallest absolute Gasteiger partial charge is 0.245 e. The zero-order chi connectivity index (χ0) is 10.0. The maximum Gasteiger partial charge on any atom is 0.245 e. The number of amides is 2. The summed E-state index contributed by atoms with van der Waals surface area (Å²) in [6.07, 6.45) is -0.895. The van der Waals surface area contributed by atoms with Gasteiger partial charge < -0.3 is 10.2 Å². The van der Waals surface area contributed by atoms with Crippen LogP contribution in [0.3, 0.4) is 0 Å². The fraction of sp³-hybridized carbons (Fsp3) is 0.750. The van der Waals surface area contributed by atoms with Crippen LogP contribution < -0.4 is 5.32 Å². The Morgan fingerprint density at radius 2 is 2.08 bits per heavy atom. The Labute approximate surface area is 76.1 Å². The summed E-state index contributed by atoms with van der Waals surface area (Å²) in [5, 5.41) is 2.45. The van der Waals surface area contributed by atoms with Crippen molar-refractivity contribution in [1.29, 1.82) is 0 Å². The summed E-state index contributed by atoms with van der Waals surface area (Å²) < 4.78 is 12.4. The SMILES string of the molecule is CC(=O)NC(C)C(=O)N1CC(F)C1. The van der Waals surface area contributed by atoms with Crippen LogP contribution in [-0.4, -0.2) is 42.0 Å². The highest BCUT2D eigenvalue weighted by Crippen LogP contribution is 2.12. The van der Waals surface area contributed by atoms with Crippen molar-refractivity contribution in [2.45, 2.75) is 26.1 Å². The van der Waals surface area contributed by atoms with E-state index in [1.54, 1.807) is 6.92 Å². The Kier molecular flexibility index (Phi) is 2.85. The number of nitrogens with one attached hydrogen (secondary N) is 1. The van der Waals surface area contributed by atoms with Gasteiger partial charge in [-0.15, -0.1) is 0 Å². The summed E-state index contributed by atoms with van der Waals surface area (Å²) in [5.41, 5.74) is 0. The monoisotopic (exact) mass is 188 g/mol. The zero-order valence-electron chi connectivity index (χ0n) is 7.71. The van der Waals surface area contributed by atoms with Gasteiger partial charge in [-0.25, -0.2) is 4.39 Å². The molecule has 13 heavy (non-hydrogen) atoms. The number of hydrogen-bond donors (Lipinski definition) is 1. The Bertz CT molecular complexity index is 226. The minimum absolute atomic E-state index is 0.156. The molecule has 1 saturated heterocycles. The number of nitrogens with zero attached hydrogens (tertiary/aromatic N) is 1. The molecule has 74 valence electrons. The molecule has 1 unspecified atom stereocenters. The largest absolute Gasteiger partial charge is 0.345 e. The summed E-state index contributed by atoms with van der Waals surface area (Å²) >= 11 is 0. The second-order valence-electron chi connectivity index (χ2n) is 3.26. The first-order chi connectivity index (χ1) is 6.00. The molecule has 1 aliphatic heterocycles. The summed E-state index contributed by atoms with van der Waals surface area (Å²) in [7, 11) is 0. The van der Waals surface area contributed by atoms with Gasteiger partial charge in [0.05, 0.1) is 13.1 Å². The van der Waals surface area contributed by atoms with E-state index in [-0.39, 0.29) is 24.9 Å². The molecule has 0 aromatic heterocycles. The number of carbonyl (C=O) groups is 2. The lowest BCUT2D eigenvalue weighted by molar-refractivity contribution is -0.141. The van der Waals surface area contributed by atoms with Crippen LogP contribution in [0.4, 0.5) is 4.39 Å². The van der Waals surface area contributed by atoms with Gasteiger partial charge in [0.15, 0.2) is 0 Å². The molecule has 2 amide bonds. The van der Waals surface area contributed by atoms with Gasteiger partial charge in [-0.05, 0) is 6.92 Å². The van der Waals surface area contributed by atoms with Gasteiger partial charge >= 0.3 is 0 Å². The minimum atomic E-state index is -0.895.